The largest absolute Gasteiger partial charge is 0.413 e. The van der Waals surface area contributed by atoms with Gasteiger partial charge in [-0.2, -0.15) is 0 Å². The predicted molar refractivity (Wildman–Crippen MR) is 96.1 cm³/mol. The smallest absolute Gasteiger partial charge is 0.335 e. The molecule has 0 radical (unpaired) electrons. The lowest BCUT2D eigenvalue weighted by molar-refractivity contribution is 0.392. The number of benzene rings is 1. The zero-order valence-corrected chi connectivity index (χ0v) is 16.7. The highest BCUT2D eigenvalue weighted by Crippen LogP contribution is 2.16. The average Bonchev–Trinajstić information content (AvgIpc) is 3.02. The van der Waals surface area contributed by atoms with Gasteiger partial charge in [-0.15, -0.1) is 5.10 Å². The highest BCUT2D eigenvalue weighted by Gasteiger charge is 2.17. The molecule has 0 amide bonds. The van der Waals surface area contributed by atoms with Crippen LogP contribution in [0, 0.1) is 13.8 Å². The molecule has 2 aromatic rings. The zero-order chi connectivity index (χ0) is 19.4. The summed E-state index contributed by atoms with van der Waals surface area (Å²) < 4.78 is 54.9. The first-order valence-corrected chi connectivity index (χ1v) is 11.6. The lowest BCUT2D eigenvalue weighted by Crippen LogP contribution is -2.25. The Hall–Kier alpha value is -1.78. The second kappa shape index (κ2) is 8.28. The molecule has 1 aromatic carbocycles. The number of nitrogens with zero attached hydrogens (tertiary/aromatic N) is 2. The van der Waals surface area contributed by atoms with Gasteiger partial charge < -0.3 is 4.42 Å². The van der Waals surface area contributed by atoms with Crippen molar-refractivity contribution in [2.75, 3.05) is 12.8 Å². The number of unbranched alkanes of at least 4 members (excludes halogenated alkanes) is 2. The van der Waals surface area contributed by atoms with E-state index in [0.29, 0.717) is 36.3 Å². The SMILES string of the molecule is Cc1ccc(C)c(S(=O)(=O)NCCCCCc2nnc(S(C)(=O)=O)o2)c1. The van der Waals surface area contributed by atoms with Gasteiger partial charge >= 0.3 is 5.22 Å². The lowest BCUT2D eigenvalue weighted by atomic mass is 10.2. The van der Waals surface area contributed by atoms with Crippen LogP contribution in [-0.4, -0.2) is 39.8 Å². The molecule has 1 N–H and O–H groups in total. The van der Waals surface area contributed by atoms with Gasteiger partial charge in [0.25, 0.3) is 0 Å². The van der Waals surface area contributed by atoms with Crippen molar-refractivity contribution in [3.63, 3.8) is 0 Å². The average molecular weight is 402 g/mol. The molecule has 10 heteroatoms. The van der Waals surface area contributed by atoms with E-state index in [-0.39, 0.29) is 11.1 Å². The van der Waals surface area contributed by atoms with Crippen LogP contribution in [0.1, 0.15) is 36.3 Å². The van der Waals surface area contributed by atoms with Crippen molar-refractivity contribution in [3.8, 4) is 0 Å². The van der Waals surface area contributed by atoms with Gasteiger partial charge in [0.15, 0.2) is 0 Å². The third kappa shape index (κ3) is 5.61. The van der Waals surface area contributed by atoms with Gasteiger partial charge in [0.2, 0.25) is 25.8 Å². The maximum atomic E-state index is 12.4. The van der Waals surface area contributed by atoms with E-state index in [4.69, 9.17) is 4.42 Å². The Bertz CT molecular complexity index is 966. The summed E-state index contributed by atoms with van der Waals surface area (Å²) in [5, 5.41) is 6.80. The van der Waals surface area contributed by atoms with Crippen molar-refractivity contribution in [2.24, 2.45) is 0 Å². The molecule has 0 aliphatic heterocycles. The van der Waals surface area contributed by atoms with Crippen molar-refractivity contribution in [3.05, 3.63) is 35.2 Å². The predicted octanol–water partition coefficient (Wildman–Crippen LogP) is 1.78. The number of hydrogen-bond acceptors (Lipinski definition) is 7. The molecule has 1 aromatic heterocycles. The fourth-order valence-electron chi connectivity index (χ4n) is 2.35. The first-order valence-electron chi connectivity index (χ1n) is 8.19. The lowest BCUT2D eigenvalue weighted by Gasteiger charge is -2.10. The van der Waals surface area contributed by atoms with Crippen LogP contribution in [0.25, 0.3) is 0 Å². The number of nitrogens with one attached hydrogen (secondary N) is 1. The van der Waals surface area contributed by atoms with Gasteiger partial charge in [-0.25, -0.2) is 21.6 Å². The van der Waals surface area contributed by atoms with E-state index in [1.54, 1.807) is 19.1 Å². The summed E-state index contributed by atoms with van der Waals surface area (Å²) in [6, 6.07) is 5.33. The minimum Gasteiger partial charge on any atom is -0.413 e. The van der Waals surface area contributed by atoms with E-state index in [1.165, 1.54) is 0 Å². The third-order valence-corrected chi connectivity index (χ3v) is 6.16. The Kier molecular flexibility index (Phi) is 6.53. The Balaban J connectivity index is 1.77. The highest BCUT2D eigenvalue weighted by atomic mass is 32.2. The molecule has 0 atom stereocenters. The Morgan fingerprint density at radius 1 is 1.04 bits per heavy atom. The first kappa shape index (κ1) is 20.5. The van der Waals surface area contributed by atoms with E-state index in [0.717, 1.165) is 18.2 Å². The third-order valence-electron chi connectivity index (χ3n) is 3.76. The number of aryl methyl sites for hydroxylation is 3. The molecule has 0 unspecified atom stereocenters. The number of hydrogen-bond donors (Lipinski definition) is 1. The number of sulfone groups is 1. The molecule has 2 rings (SSSR count). The molecule has 0 aliphatic carbocycles. The Morgan fingerprint density at radius 3 is 2.42 bits per heavy atom. The summed E-state index contributed by atoms with van der Waals surface area (Å²) in [5.74, 6) is 0.265. The van der Waals surface area contributed by atoms with Crippen molar-refractivity contribution in [1.82, 2.24) is 14.9 Å². The number of sulfonamides is 1. The second-order valence-electron chi connectivity index (χ2n) is 6.21. The molecule has 144 valence electrons. The Morgan fingerprint density at radius 2 is 1.77 bits per heavy atom. The quantitative estimate of drug-likeness (QED) is 0.636. The van der Waals surface area contributed by atoms with Gasteiger partial charge in [-0.1, -0.05) is 23.7 Å². The summed E-state index contributed by atoms with van der Waals surface area (Å²) in [7, 11) is -7.01. The number of rotatable bonds is 9. The van der Waals surface area contributed by atoms with Gasteiger partial charge in [0.1, 0.15) is 0 Å². The maximum Gasteiger partial charge on any atom is 0.335 e. The highest BCUT2D eigenvalue weighted by molar-refractivity contribution is 7.90. The molecule has 0 saturated carbocycles. The molecule has 0 fully saturated rings. The topological polar surface area (TPSA) is 119 Å². The summed E-state index contributed by atoms with van der Waals surface area (Å²) in [6.07, 6.45) is 3.54. The second-order valence-corrected chi connectivity index (χ2v) is 9.84. The molecule has 8 nitrogen and oxygen atoms in total. The van der Waals surface area contributed by atoms with E-state index in [2.05, 4.69) is 14.9 Å². The van der Waals surface area contributed by atoms with E-state index in [1.807, 2.05) is 13.0 Å². The van der Waals surface area contributed by atoms with Crippen LogP contribution in [0.5, 0.6) is 0 Å². The minimum absolute atomic E-state index is 0.265. The Labute approximate surface area is 154 Å². The summed E-state index contributed by atoms with van der Waals surface area (Å²) in [5.41, 5.74) is 1.60. The van der Waals surface area contributed by atoms with Gasteiger partial charge in [-0.3, -0.25) is 0 Å². The summed E-state index contributed by atoms with van der Waals surface area (Å²) in [4.78, 5) is 0.302. The van der Waals surface area contributed by atoms with E-state index < -0.39 is 19.9 Å². The summed E-state index contributed by atoms with van der Waals surface area (Å²) in [6.45, 7) is 3.95. The molecule has 26 heavy (non-hydrogen) atoms. The molecule has 0 aliphatic rings. The first-order chi connectivity index (χ1) is 12.1. The van der Waals surface area contributed by atoms with Crippen LogP contribution in [0.3, 0.4) is 0 Å². The van der Waals surface area contributed by atoms with Gasteiger partial charge in [-0.05, 0) is 43.9 Å². The maximum absolute atomic E-state index is 12.4. The van der Waals surface area contributed by atoms with Crippen LogP contribution < -0.4 is 4.72 Å². The van der Waals surface area contributed by atoms with Crippen molar-refractivity contribution in [1.29, 1.82) is 0 Å². The van der Waals surface area contributed by atoms with Crippen LogP contribution >= 0.6 is 0 Å². The van der Waals surface area contributed by atoms with E-state index >= 15 is 0 Å². The van der Waals surface area contributed by atoms with Crippen molar-refractivity contribution < 1.29 is 21.3 Å². The fraction of sp³-hybridized carbons (Fsp3) is 0.500. The molecule has 0 spiro atoms. The molecular formula is C16H23N3O5S2. The zero-order valence-electron chi connectivity index (χ0n) is 15.0. The van der Waals surface area contributed by atoms with Gasteiger partial charge in [0.05, 0.1) is 4.90 Å². The van der Waals surface area contributed by atoms with Crippen LogP contribution in [0.4, 0.5) is 0 Å². The van der Waals surface area contributed by atoms with Crippen molar-refractivity contribution >= 4 is 19.9 Å². The number of aromatic nitrogens is 2. The molecule has 0 saturated heterocycles. The van der Waals surface area contributed by atoms with Crippen LogP contribution in [-0.2, 0) is 26.3 Å². The van der Waals surface area contributed by atoms with Gasteiger partial charge in [0, 0.05) is 19.2 Å². The molecule has 1 heterocycles. The van der Waals surface area contributed by atoms with E-state index in [9.17, 15) is 16.8 Å². The molecule has 0 bridgehead atoms. The summed E-state index contributed by atoms with van der Waals surface area (Å²) >= 11 is 0. The normalized spacial score (nSPS) is 12.4. The monoisotopic (exact) mass is 401 g/mol. The molecular weight excluding hydrogens is 378 g/mol. The standard InChI is InChI=1S/C16H23N3O5S2/c1-12-8-9-13(2)14(11-12)26(22,23)17-10-6-4-5-7-15-18-19-16(24-15)25(3,20)21/h8-9,11,17H,4-7,10H2,1-3H3. The fourth-order valence-corrected chi connectivity index (χ4v) is 4.19. The van der Waals surface area contributed by atoms with Crippen LogP contribution in [0.2, 0.25) is 0 Å². The van der Waals surface area contributed by atoms with Crippen LogP contribution in [0.15, 0.2) is 32.7 Å². The minimum atomic E-state index is -3.52. The van der Waals surface area contributed by atoms with Crippen molar-refractivity contribution in [2.45, 2.75) is 49.6 Å².